The standard InChI is InChI=1S/C18H20F3N3O4.ClH/c19-18(20,21)14-9-15(25)22-11-5-1-2-6-12(11)24(14)16(26)10-23-8-4-3-7-13(23)17(27)28;/h1-2,5-6,13-14H,3-4,7-10H2,(H,22,25)(H,27,28);1H. The summed E-state index contributed by atoms with van der Waals surface area (Å²) in [5, 5.41) is 11.7. The molecule has 0 aromatic heterocycles. The first kappa shape index (κ1) is 23.0. The number of anilines is 2. The Labute approximate surface area is 171 Å². The fraction of sp³-hybridized carbons (Fsp3) is 0.500. The molecule has 11 heteroatoms. The SMILES string of the molecule is Cl.O=C1CC(C(F)(F)F)N(C(=O)CN2CCCCC2C(=O)O)c2ccccc2N1. The molecule has 2 amide bonds. The molecule has 2 heterocycles. The van der Waals surface area contributed by atoms with Gasteiger partial charge in [0.15, 0.2) is 0 Å². The molecule has 2 unspecified atom stereocenters. The molecule has 0 spiro atoms. The Morgan fingerprint density at radius 2 is 1.90 bits per heavy atom. The molecule has 0 radical (unpaired) electrons. The Balaban J connectivity index is 0.00000300. The third-order valence-corrected chi connectivity index (χ3v) is 5.01. The predicted octanol–water partition coefficient (Wildman–Crippen LogP) is 2.65. The van der Waals surface area contributed by atoms with Crippen LogP contribution in [0.25, 0.3) is 0 Å². The number of carboxylic acid groups (broad SMARTS) is 1. The lowest BCUT2D eigenvalue weighted by atomic mass is 10.0. The number of nitrogens with one attached hydrogen (secondary N) is 1. The number of amides is 2. The van der Waals surface area contributed by atoms with Crippen LogP contribution in [0.1, 0.15) is 25.7 Å². The van der Waals surface area contributed by atoms with Crippen LogP contribution >= 0.6 is 12.4 Å². The normalized spacial score (nSPS) is 22.7. The minimum atomic E-state index is -4.82. The van der Waals surface area contributed by atoms with Gasteiger partial charge < -0.3 is 10.4 Å². The highest BCUT2D eigenvalue weighted by Crippen LogP contribution is 2.38. The summed E-state index contributed by atoms with van der Waals surface area (Å²) in [6.07, 6.45) is -4.07. The number of carboxylic acids is 1. The van der Waals surface area contributed by atoms with E-state index < -0.39 is 49.0 Å². The second kappa shape index (κ2) is 9.00. The highest BCUT2D eigenvalue weighted by Gasteiger charge is 2.49. The van der Waals surface area contributed by atoms with Gasteiger partial charge in [0.05, 0.1) is 24.3 Å². The smallest absolute Gasteiger partial charge is 0.409 e. The van der Waals surface area contributed by atoms with E-state index in [4.69, 9.17) is 0 Å². The van der Waals surface area contributed by atoms with Gasteiger partial charge in [0.2, 0.25) is 11.8 Å². The molecule has 3 rings (SSSR count). The van der Waals surface area contributed by atoms with Crippen molar-refractivity contribution in [3.63, 3.8) is 0 Å². The number of aliphatic carboxylic acids is 1. The first-order valence-corrected chi connectivity index (χ1v) is 8.93. The molecule has 29 heavy (non-hydrogen) atoms. The van der Waals surface area contributed by atoms with Gasteiger partial charge in [-0.15, -0.1) is 12.4 Å². The zero-order valence-electron chi connectivity index (χ0n) is 15.3. The van der Waals surface area contributed by atoms with Gasteiger partial charge in [-0.25, -0.2) is 0 Å². The minimum absolute atomic E-state index is 0. The Morgan fingerprint density at radius 3 is 2.55 bits per heavy atom. The van der Waals surface area contributed by atoms with Crippen LogP contribution in [0.2, 0.25) is 0 Å². The van der Waals surface area contributed by atoms with Gasteiger partial charge in [-0.3, -0.25) is 24.2 Å². The van der Waals surface area contributed by atoms with Crippen molar-refractivity contribution in [2.45, 2.75) is 43.9 Å². The van der Waals surface area contributed by atoms with E-state index in [1.165, 1.54) is 23.1 Å². The van der Waals surface area contributed by atoms with Crippen LogP contribution in [0, 0.1) is 0 Å². The Bertz CT molecular complexity index is 790. The monoisotopic (exact) mass is 435 g/mol. The van der Waals surface area contributed by atoms with Crippen molar-refractivity contribution >= 4 is 41.6 Å². The Hall–Kier alpha value is -2.33. The number of rotatable bonds is 3. The molecular weight excluding hydrogens is 415 g/mol. The molecule has 7 nitrogen and oxygen atoms in total. The second-order valence-electron chi connectivity index (χ2n) is 6.91. The van der Waals surface area contributed by atoms with Crippen LogP contribution in [-0.2, 0) is 14.4 Å². The van der Waals surface area contributed by atoms with Crippen molar-refractivity contribution in [1.82, 2.24) is 4.90 Å². The van der Waals surface area contributed by atoms with Crippen LogP contribution in [0.15, 0.2) is 24.3 Å². The molecule has 2 aliphatic heterocycles. The van der Waals surface area contributed by atoms with Crippen molar-refractivity contribution < 1.29 is 32.7 Å². The van der Waals surface area contributed by atoms with Crippen molar-refractivity contribution in [2.75, 3.05) is 23.3 Å². The quantitative estimate of drug-likeness (QED) is 0.762. The fourth-order valence-corrected chi connectivity index (χ4v) is 3.71. The van der Waals surface area contributed by atoms with E-state index >= 15 is 0 Å². The summed E-state index contributed by atoms with van der Waals surface area (Å²) in [7, 11) is 0. The average Bonchev–Trinajstić information content (AvgIpc) is 2.77. The molecule has 1 saturated heterocycles. The molecule has 160 valence electrons. The van der Waals surface area contributed by atoms with Gasteiger partial charge in [0, 0.05) is 0 Å². The summed E-state index contributed by atoms with van der Waals surface area (Å²) in [5.41, 5.74) is 0.0607. The van der Waals surface area contributed by atoms with E-state index in [9.17, 15) is 32.7 Å². The maximum absolute atomic E-state index is 13.7. The maximum atomic E-state index is 13.7. The minimum Gasteiger partial charge on any atom is -0.480 e. The van der Waals surface area contributed by atoms with Crippen LogP contribution in [0.3, 0.4) is 0 Å². The third-order valence-electron chi connectivity index (χ3n) is 5.01. The van der Waals surface area contributed by atoms with E-state index in [1.807, 2.05) is 0 Å². The molecule has 2 atom stereocenters. The zero-order chi connectivity index (χ0) is 20.5. The van der Waals surface area contributed by atoms with Gasteiger partial charge >= 0.3 is 12.1 Å². The van der Waals surface area contributed by atoms with E-state index in [-0.39, 0.29) is 23.8 Å². The number of fused-ring (bicyclic) bond motifs is 1. The number of hydrogen-bond donors (Lipinski definition) is 2. The summed E-state index contributed by atoms with van der Waals surface area (Å²) in [6, 6.07) is 2.54. The van der Waals surface area contributed by atoms with Gasteiger partial charge in [0.25, 0.3) is 0 Å². The molecule has 1 fully saturated rings. The number of carbonyl (C=O) groups is 3. The fourth-order valence-electron chi connectivity index (χ4n) is 3.71. The van der Waals surface area contributed by atoms with Gasteiger partial charge in [0.1, 0.15) is 12.1 Å². The van der Waals surface area contributed by atoms with Crippen LogP contribution in [0.5, 0.6) is 0 Å². The lowest BCUT2D eigenvalue weighted by Crippen LogP contribution is -2.55. The highest BCUT2D eigenvalue weighted by molar-refractivity contribution is 6.05. The van der Waals surface area contributed by atoms with Gasteiger partial charge in [-0.05, 0) is 31.5 Å². The van der Waals surface area contributed by atoms with Crippen molar-refractivity contribution in [2.24, 2.45) is 0 Å². The maximum Gasteiger partial charge on any atom is 0.409 e. The number of likely N-dealkylation sites (tertiary alicyclic amines) is 1. The van der Waals surface area contributed by atoms with Crippen LogP contribution in [0.4, 0.5) is 24.5 Å². The third kappa shape index (κ3) is 4.99. The summed E-state index contributed by atoms with van der Waals surface area (Å²) in [4.78, 5) is 38.3. The molecule has 2 aliphatic rings. The van der Waals surface area contributed by atoms with Crippen molar-refractivity contribution in [1.29, 1.82) is 0 Å². The summed E-state index contributed by atoms with van der Waals surface area (Å²) >= 11 is 0. The molecule has 1 aromatic rings. The van der Waals surface area contributed by atoms with E-state index in [1.54, 1.807) is 6.07 Å². The molecule has 2 N–H and O–H groups in total. The lowest BCUT2D eigenvalue weighted by molar-refractivity contribution is -0.158. The molecule has 0 bridgehead atoms. The number of piperidine rings is 1. The lowest BCUT2D eigenvalue weighted by Gasteiger charge is -2.36. The van der Waals surface area contributed by atoms with Crippen LogP contribution < -0.4 is 10.2 Å². The highest BCUT2D eigenvalue weighted by atomic mass is 35.5. The number of para-hydroxylation sites is 2. The first-order chi connectivity index (χ1) is 13.2. The van der Waals surface area contributed by atoms with E-state index in [0.717, 1.165) is 0 Å². The van der Waals surface area contributed by atoms with Crippen LogP contribution in [-0.4, -0.2) is 59.1 Å². The van der Waals surface area contributed by atoms with Crippen molar-refractivity contribution in [3.8, 4) is 0 Å². The number of halogens is 4. The number of benzene rings is 1. The number of nitrogens with zero attached hydrogens (tertiary/aromatic N) is 2. The Kier molecular flexibility index (Phi) is 7.12. The molecule has 0 aliphatic carbocycles. The van der Waals surface area contributed by atoms with Gasteiger partial charge in [-0.1, -0.05) is 18.6 Å². The predicted molar refractivity (Wildman–Crippen MR) is 101 cm³/mol. The number of hydrogen-bond acceptors (Lipinski definition) is 4. The molecule has 0 saturated carbocycles. The number of carbonyl (C=O) groups excluding carboxylic acids is 2. The summed E-state index contributed by atoms with van der Waals surface area (Å²) in [6.45, 7) is -0.155. The first-order valence-electron chi connectivity index (χ1n) is 8.93. The van der Waals surface area contributed by atoms with Crippen molar-refractivity contribution in [3.05, 3.63) is 24.3 Å². The van der Waals surface area contributed by atoms with Gasteiger partial charge in [-0.2, -0.15) is 13.2 Å². The molecular formula is C18H21ClF3N3O4. The second-order valence-corrected chi connectivity index (χ2v) is 6.91. The largest absolute Gasteiger partial charge is 0.480 e. The number of alkyl halides is 3. The van der Waals surface area contributed by atoms with E-state index in [2.05, 4.69) is 5.32 Å². The molecule has 1 aromatic carbocycles. The average molecular weight is 436 g/mol. The topological polar surface area (TPSA) is 90.0 Å². The summed E-state index contributed by atoms with van der Waals surface area (Å²) in [5.74, 6) is -2.83. The van der Waals surface area contributed by atoms with E-state index in [0.29, 0.717) is 30.7 Å². The summed E-state index contributed by atoms with van der Waals surface area (Å²) < 4.78 is 41.1. The zero-order valence-corrected chi connectivity index (χ0v) is 16.1. The Morgan fingerprint density at radius 1 is 1.21 bits per heavy atom.